The summed E-state index contributed by atoms with van der Waals surface area (Å²) in [5, 5.41) is 23.2. The van der Waals surface area contributed by atoms with E-state index in [-0.39, 0.29) is 5.82 Å². The molecule has 10 heteroatoms. The summed E-state index contributed by atoms with van der Waals surface area (Å²) in [6.45, 7) is 2.57. The highest BCUT2D eigenvalue weighted by atomic mass is 19.1. The van der Waals surface area contributed by atoms with Crippen molar-refractivity contribution in [1.82, 2.24) is 20.5 Å². The van der Waals surface area contributed by atoms with Crippen LogP contribution in [0.25, 0.3) is 10.9 Å². The zero-order valence-corrected chi connectivity index (χ0v) is 16.7. The Labute approximate surface area is 172 Å². The lowest BCUT2D eigenvalue weighted by molar-refractivity contribution is 0.127. The van der Waals surface area contributed by atoms with E-state index in [0.29, 0.717) is 42.0 Å². The Morgan fingerprint density at radius 3 is 2.77 bits per heavy atom. The van der Waals surface area contributed by atoms with E-state index in [0.717, 1.165) is 0 Å². The van der Waals surface area contributed by atoms with Crippen molar-refractivity contribution in [2.45, 2.75) is 25.5 Å². The quantitative estimate of drug-likeness (QED) is 0.397. The average Bonchev–Trinajstić information content (AvgIpc) is 3.14. The molecule has 0 radical (unpaired) electrons. The molecule has 0 aliphatic heterocycles. The molecule has 2 amide bonds. The summed E-state index contributed by atoms with van der Waals surface area (Å²) in [7, 11) is 1.58. The third-order valence-corrected chi connectivity index (χ3v) is 4.50. The Kier molecular flexibility index (Phi) is 7.15. The number of H-pyrrole nitrogens is 1. The number of carbonyl (C=O) groups excluding carboxylic acids is 1. The Hall–Kier alpha value is -3.24. The number of urea groups is 1. The van der Waals surface area contributed by atoms with Gasteiger partial charge in [0, 0.05) is 19.4 Å². The molecule has 0 bridgehead atoms. The second-order valence-corrected chi connectivity index (χ2v) is 6.59. The number of halogens is 1. The van der Waals surface area contributed by atoms with E-state index < -0.39 is 24.0 Å². The number of aromatic nitrogens is 3. The van der Waals surface area contributed by atoms with Crippen LogP contribution in [0.4, 0.5) is 15.0 Å². The maximum absolute atomic E-state index is 13.2. The number of rotatable bonds is 9. The number of aliphatic hydroxyl groups excluding tert-OH is 1. The zero-order chi connectivity index (χ0) is 21.5. The number of aliphatic hydroxyl groups is 1. The van der Waals surface area contributed by atoms with E-state index in [1.54, 1.807) is 20.1 Å². The summed E-state index contributed by atoms with van der Waals surface area (Å²) in [5.41, 5.74) is 1.23. The first-order valence-corrected chi connectivity index (χ1v) is 9.48. The molecule has 3 rings (SSSR count). The Balaban J connectivity index is 1.69. The molecule has 0 spiro atoms. The smallest absolute Gasteiger partial charge is 0.320 e. The van der Waals surface area contributed by atoms with E-state index in [4.69, 9.17) is 9.47 Å². The lowest BCUT2D eigenvalue weighted by atomic mass is 10.00. The molecular weight excluding hydrogens is 393 g/mol. The van der Waals surface area contributed by atoms with Gasteiger partial charge in [-0.25, -0.2) is 14.2 Å². The number of aromatic amines is 1. The van der Waals surface area contributed by atoms with Crippen LogP contribution in [-0.2, 0) is 4.74 Å². The minimum Gasteiger partial charge on any atom is -0.474 e. The molecule has 2 heterocycles. The summed E-state index contributed by atoms with van der Waals surface area (Å²) in [4.78, 5) is 16.7. The van der Waals surface area contributed by atoms with Gasteiger partial charge in [0.15, 0.2) is 0 Å². The first-order valence-electron chi connectivity index (χ1n) is 9.48. The predicted octanol–water partition coefficient (Wildman–Crippen LogP) is 2.76. The van der Waals surface area contributed by atoms with Crippen molar-refractivity contribution < 1.29 is 23.8 Å². The van der Waals surface area contributed by atoms with Crippen molar-refractivity contribution in [1.29, 1.82) is 0 Å². The first-order chi connectivity index (χ1) is 14.5. The van der Waals surface area contributed by atoms with Gasteiger partial charge in [0.25, 0.3) is 0 Å². The number of pyridine rings is 1. The number of amides is 2. The van der Waals surface area contributed by atoms with Crippen LogP contribution in [0.1, 0.15) is 24.9 Å². The molecule has 160 valence electrons. The summed E-state index contributed by atoms with van der Waals surface area (Å²) < 4.78 is 23.7. The second-order valence-electron chi connectivity index (χ2n) is 6.59. The monoisotopic (exact) mass is 417 g/mol. The minimum atomic E-state index is -0.837. The normalized spacial score (nSPS) is 13.1. The average molecular weight is 417 g/mol. The number of nitrogens with one attached hydrogen (secondary N) is 3. The van der Waals surface area contributed by atoms with Crippen molar-refractivity contribution in [3.63, 3.8) is 0 Å². The van der Waals surface area contributed by atoms with Crippen LogP contribution < -0.4 is 15.4 Å². The predicted molar refractivity (Wildman–Crippen MR) is 109 cm³/mol. The molecule has 30 heavy (non-hydrogen) atoms. The topological polar surface area (TPSA) is 121 Å². The second kappa shape index (κ2) is 9.99. The fourth-order valence-electron chi connectivity index (χ4n) is 2.89. The number of fused-ring (bicyclic) bond motifs is 1. The molecule has 9 nitrogen and oxygen atoms in total. The molecule has 2 aromatic heterocycles. The van der Waals surface area contributed by atoms with Gasteiger partial charge >= 0.3 is 6.03 Å². The van der Waals surface area contributed by atoms with Gasteiger partial charge in [-0.2, -0.15) is 0 Å². The molecule has 0 fully saturated rings. The van der Waals surface area contributed by atoms with Crippen LogP contribution in [0.2, 0.25) is 0 Å². The lowest BCUT2D eigenvalue weighted by Crippen LogP contribution is -2.38. The zero-order valence-electron chi connectivity index (χ0n) is 16.7. The van der Waals surface area contributed by atoms with Gasteiger partial charge in [0.05, 0.1) is 29.7 Å². The number of hydrogen-bond acceptors (Lipinski definition) is 6. The summed E-state index contributed by atoms with van der Waals surface area (Å²) in [6.07, 6.45) is 1.11. The highest BCUT2D eigenvalue weighted by Gasteiger charge is 2.22. The van der Waals surface area contributed by atoms with Crippen molar-refractivity contribution in [2.75, 3.05) is 25.6 Å². The van der Waals surface area contributed by atoms with E-state index in [1.165, 1.54) is 30.5 Å². The Bertz CT molecular complexity index is 979. The lowest BCUT2D eigenvalue weighted by Gasteiger charge is -2.24. The molecule has 1 aromatic carbocycles. The van der Waals surface area contributed by atoms with E-state index in [1.807, 2.05) is 0 Å². The maximum Gasteiger partial charge on any atom is 0.320 e. The number of benzene rings is 1. The van der Waals surface area contributed by atoms with E-state index >= 15 is 0 Å². The van der Waals surface area contributed by atoms with Crippen molar-refractivity contribution in [3.8, 4) is 5.88 Å². The van der Waals surface area contributed by atoms with Crippen LogP contribution in [-0.4, -0.2) is 52.7 Å². The largest absolute Gasteiger partial charge is 0.474 e. The van der Waals surface area contributed by atoms with Gasteiger partial charge in [-0.3, -0.25) is 10.4 Å². The molecule has 0 saturated heterocycles. The number of carbonyl (C=O) groups is 1. The molecule has 3 aromatic rings. The molecular formula is C20H24FN5O4. The summed E-state index contributed by atoms with van der Waals surface area (Å²) in [5.74, 6) is 0.291. The van der Waals surface area contributed by atoms with Gasteiger partial charge in [0.1, 0.15) is 18.2 Å². The van der Waals surface area contributed by atoms with Crippen molar-refractivity contribution in [2.24, 2.45) is 0 Å². The fourth-order valence-corrected chi connectivity index (χ4v) is 2.89. The standard InChI is InChI=1S/C20H24FN5O4/c1-3-16(27)18(12-4-6-13(21)7-5-12)24-20(28)23-17-10-15-14(11-22-17)19(26-25-15)30-9-8-29-2/h4-7,10-11,16,18,27H,3,8-9H2,1-2H3,(H,25,26)(H2,22,23,24,28). The fraction of sp³-hybridized carbons (Fsp3) is 0.350. The Morgan fingerprint density at radius 1 is 1.30 bits per heavy atom. The minimum absolute atomic E-state index is 0.288. The summed E-state index contributed by atoms with van der Waals surface area (Å²) >= 11 is 0. The number of nitrogens with zero attached hydrogens (tertiary/aromatic N) is 2. The highest BCUT2D eigenvalue weighted by molar-refractivity contribution is 5.92. The number of methoxy groups -OCH3 is 1. The van der Waals surface area contributed by atoms with Crippen LogP contribution in [0.5, 0.6) is 5.88 Å². The molecule has 2 atom stereocenters. The third-order valence-electron chi connectivity index (χ3n) is 4.50. The Morgan fingerprint density at radius 2 is 2.07 bits per heavy atom. The van der Waals surface area contributed by atoms with E-state index in [2.05, 4.69) is 25.8 Å². The molecule has 0 aliphatic rings. The van der Waals surface area contributed by atoms with Crippen LogP contribution in [0.15, 0.2) is 36.5 Å². The maximum atomic E-state index is 13.2. The van der Waals surface area contributed by atoms with Crippen molar-refractivity contribution >= 4 is 22.8 Å². The van der Waals surface area contributed by atoms with Gasteiger partial charge in [-0.1, -0.05) is 19.1 Å². The van der Waals surface area contributed by atoms with Gasteiger partial charge in [0.2, 0.25) is 5.88 Å². The number of anilines is 1. The van der Waals surface area contributed by atoms with Crippen LogP contribution in [0.3, 0.4) is 0 Å². The van der Waals surface area contributed by atoms with E-state index in [9.17, 15) is 14.3 Å². The molecule has 0 saturated carbocycles. The molecule has 4 N–H and O–H groups in total. The van der Waals surface area contributed by atoms with Crippen LogP contribution in [0, 0.1) is 5.82 Å². The number of ether oxygens (including phenoxy) is 2. The van der Waals surface area contributed by atoms with Crippen LogP contribution >= 0.6 is 0 Å². The molecule has 0 aliphatic carbocycles. The SMILES string of the molecule is CCC(O)C(NC(=O)Nc1cc2[nH]nc(OCCOC)c2cn1)c1ccc(F)cc1. The van der Waals surface area contributed by atoms with Gasteiger partial charge in [-0.15, -0.1) is 5.10 Å². The van der Waals surface area contributed by atoms with Gasteiger partial charge < -0.3 is 19.9 Å². The number of hydrogen-bond donors (Lipinski definition) is 4. The summed E-state index contributed by atoms with van der Waals surface area (Å²) in [6, 6.07) is 5.98. The van der Waals surface area contributed by atoms with Crippen molar-refractivity contribution in [3.05, 3.63) is 47.9 Å². The first kappa shape index (κ1) is 21.5. The third kappa shape index (κ3) is 5.22. The van der Waals surface area contributed by atoms with Gasteiger partial charge in [-0.05, 0) is 24.1 Å². The molecule has 2 unspecified atom stereocenters. The highest BCUT2D eigenvalue weighted by Crippen LogP contribution is 2.24.